The van der Waals surface area contributed by atoms with Crippen LogP contribution in [0.2, 0.25) is 0 Å². The van der Waals surface area contributed by atoms with E-state index in [1.54, 1.807) is 44.6 Å². The molecule has 3 aromatic rings. The maximum atomic E-state index is 12.6. The van der Waals surface area contributed by atoms with Crippen LogP contribution in [0.5, 0.6) is 5.75 Å². The Kier molecular flexibility index (Phi) is 7.23. The molecule has 0 unspecified atom stereocenters. The van der Waals surface area contributed by atoms with E-state index in [0.29, 0.717) is 16.4 Å². The van der Waals surface area contributed by atoms with Gasteiger partial charge in [-0.2, -0.15) is 0 Å². The van der Waals surface area contributed by atoms with Gasteiger partial charge in [0.2, 0.25) is 0 Å². The summed E-state index contributed by atoms with van der Waals surface area (Å²) in [7, 11) is 3.32. The van der Waals surface area contributed by atoms with Crippen molar-refractivity contribution in [3.8, 4) is 5.75 Å². The Morgan fingerprint density at radius 1 is 1.20 bits per heavy atom. The van der Waals surface area contributed by atoms with Crippen molar-refractivity contribution in [2.24, 2.45) is 0 Å². The summed E-state index contributed by atoms with van der Waals surface area (Å²) in [5, 5.41) is 3.37. The number of nitrogens with one attached hydrogen (secondary N) is 1. The summed E-state index contributed by atoms with van der Waals surface area (Å²) in [5.41, 5.74) is 2.80. The summed E-state index contributed by atoms with van der Waals surface area (Å²) < 4.78 is 6.56. The molecule has 0 aliphatic heterocycles. The van der Waals surface area contributed by atoms with E-state index in [4.69, 9.17) is 4.74 Å². The molecule has 0 fully saturated rings. The van der Waals surface area contributed by atoms with Gasteiger partial charge in [0, 0.05) is 41.6 Å². The number of halogens is 1. The second kappa shape index (κ2) is 9.86. The number of nitrogens with zero attached hydrogens (tertiary/aromatic N) is 2. The first-order chi connectivity index (χ1) is 14.3. The molecule has 156 valence electrons. The maximum absolute atomic E-state index is 12.6. The number of benzene rings is 2. The molecule has 0 aliphatic carbocycles. The Bertz CT molecular complexity index is 1070. The molecule has 0 bridgehead atoms. The van der Waals surface area contributed by atoms with Crippen molar-refractivity contribution in [2.75, 3.05) is 26.0 Å². The fourth-order valence-electron chi connectivity index (χ4n) is 2.64. The van der Waals surface area contributed by atoms with Gasteiger partial charge < -0.3 is 9.64 Å². The summed E-state index contributed by atoms with van der Waals surface area (Å²) in [5.74, 6) is 0.0317. The predicted octanol–water partition coefficient (Wildman–Crippen LogP) is 4.52. The molecule has 30 heavy (non-hydrogen) atoms. The molecule has 0 saturated heterocycles. The molecule has 6 nitrogen and oxygen atoms in total. The number of thiazole rings is 1. The second-order valence-electron chi connectivity index (χ2n) is 6.95. The average Bonchev–Trinajstić information content (AvgIpc) is 3.15. The Hall–Kier alpha value is -2.71. The SMILES string of the molecule is Cc1cc(Cc2cnc(NC(=O)c3cccc(OCC(=O)N(C)C)c3)s2)ccc1Br. The zero-order valence-electron chi connectivity index (χ0n) is 16.9. The van der Waals surface area contributed by atoms with Crippen molar-refractivity contribution >= 4 is 44.2 Å². The van der Waals surface area contributed by atoms with Gasteiger partial charge in [-0.15, -0.1) is 11.3 Å². The Labute approximate surface area is 188 Å². The molecule has 8 heteroatoms. The minimum Gasteiger partial charge on any atom is -0.484 e. The van der Waals surface area contributed by atoms with Crippen LogP contribution in [0.4, 0.5) is 5.13 Å². The lowest BCUT2D eigenvalue weighted by Gasteiger charge is -2.11. The van der Waals surface area contributed by atoms with Crippen molar-refractivity contribution in [3.63, 3.8) is 0 Å². The number of aromatic nitrogens is 1. The second-order valence-corrected chi connectivity index (χ2v) is 8.92. The Morgan fingerprint density at radius 2 is 2.00 bits per heavy atom. The van der Waals surface area contributed by atoms with E-state index in [0.717, 1.165) is 15.8 Å². The lowest BCUT2D eigenvalue weighted by molar-refractivity contribution is -0.130. The topological polar surface area (TPSA) is 71.5 Å². The quantitative estimate of drug-likeness (QED) is 0.531. The molecule has 1 aromatic heterocycles. The summed E-state index contributed by atoms with van der Waals surface area (Å²) in [6.45, 7) is 1.98. The van der Waals surface area contributed by atoms with Gasteiger partial charge in [0.05, 0.1) is 0 Å². The standard InChI is InChI=1S/C22H22BrN3O3S/c1-14-9-15(7-8-19(14)23)10-18-12-24-22(30-18)25-21(28)16-5-4-6-17(11-16)29-13-20(27)26(2)3/h4-9,11-12H,10,13H2,1-3H3,(H,24,25,28). The Balaban J connectivity index is 1.61. The molecule has 1 N–H and O–H groups in total. The minimum atomic E-state index is -0.278. The van der Waals surface area contributed by atoms with Crippen molar-refractivity contribution in [1.82, 2.24) is 9.88 Å². The summed E-state index contributed by atoms with van der Waals surface area (Å²) in [6, 6.07) is 13.0. The molecule has 0 saturated carbocycles. The van der Waals surface area contributed by atoms with E-state index in [2.05, 4.69) is 45.3 Å². The summed E-state index contributed by atoms with van der Waals surface area (Å²) in [6.07, 6.45) is 2.54. The first-order valence-corrected chi connectivity index (χ1v) is 10.9. The van der Waals surface area contributed by atoms with Crippen molar-refractivity contribution < 1.29 is 14.3 Å². The average molecular weight is 488 g/mol. The van der Waals surface area contributed by atoms with Crippen LogP contribution in [-0.2, 0) is 11.2 Å². The third-order valence-electron chi connectivity index (χ3n) is 4.33. The normalized spacial score (nSPS) is 10.5. The van der Waals surface area contributed by atoms with Crippen LogP contribution in [0, 0.1) is 6.92 Å². The lowest BCUT2D eigenvalue weighted by Crippen LogP contribution is -2.27. The third-order valence-corrected chi connectivity index (χ3v) is 6.13. The van der Waals surface area contributed by atoms with Crippen molar-refractivity contribution in [1.29, 1.82) is 0 Å². The highest BCUT2D eigenvalue weighted by Gasteiger charge is 2.12. The first-order valence-electron chi connectivity index (χ1n) is 9.26. The molecule has 3 rings (SSSR count). The van der Waals surface area contributed by atoms with E-state index < -0.39 is 0 Å². The van der Waals surface area contributed by atoms with Gasteiger partial charge in [-0.1, -0.05) is 34.1 Å². The molecule has 2 amide bonds. The van der Waals surface area contributed by atoms with Gasteiger partial charge >= 0.3 is 0 Å². The largest absolute Gasteiger partial charge is 0.484 e. The van der Waals surface area contributed by atoms with Crippen LogP contribution in [-0.4, -0.2) is 42.4 Å². The van der Waals surface area contributed by atoms with Crippen LogP contribution in [0.25, 0.3) is 0 Å². The fourth-order valence-corrected chi connectivity index (χ4v) is 3.72. The van der Waals surface area contributed by atoms with E-state index in [1.165, 1.54) is 27.4 Å². The molecule has 0 spiro atoms. The number of hydrogen-bond donors (Lipinski definition) is 1. The number of rotatable bonds is 7. The number of likely N-dealkylation sites (N-methyl/N-ethyl adjacent to an activating group) is 1. The molecule has 0 atom stereocenters. The summed E-state index contributed by atoms with van der Waals surface area (Å²) in [4.78, 5) is 31.1. The van der Waals surface area contributed by atoms with Crippen LogP contribution >= 0.6 is 27.3 Å². The smallest absolute Gasteiger partial charge is 0.259 e. The van der Waals surface area contributed by atoms with Crippen LogP contribution in [0.3, 0.4) is 0 Å². The van der Waals surface area contributed by atoms with E-state index >= 15 is 0 Å². The molecule has 0 radical (unpaired) electrons. The van der Waals surface area contributed by atoms with Gasteiger partial charge in [0.15, 0.2) is 11.7 Å². The fraction of sp³-hybridized carbons (Fsp3) is 0.227. The van der Waals surface area contributed by atoms with E-state index in [1.807, 2.05) is 6.07 Å². The monoisotopic (exact) mass is 487 g/mol. The highest BCUT2D eigenvalue weighted by atomic mass is 79.9. The first kappa shape index (κ1) is 22.0. The number of hydrogen-bond acceptors (Lipinski definition) is 5. The maximum Gasteiger partial charge on any atom is 0.259 e. The van der Waals surface area contributed by atoms with Crippen LogP contribution in [0.1, 0.15) is 26.4 Å². The summed E-state index contributed by atoms with van der Waals surface area (Å²) >= 11 is 4.96. The van der Waals surface area contributed by atoms with Crippen LogP contribution < -0.4 is 10.1 Å². The molecular weight excluding hydrogens is 466 g/mol. The number of ether oxygens (including phenoxy) is 1. The number of amides is 2. The number of carbonyl (C=O) groups excluding carboxylic acids is 2. The van der Waals surface area contributed by atoms with E-state index in [9.17, 15) is 9.59 Å². The highest BCUT2D eigenvalue weighted by molar-refractivity contribution is 9.10. The zero-order valence-corrected chi connectivity index (χ0v) is 19.3. The van der Waals surface area contributed by atoms with Gasteiger partial charge in [0.1, 0.15) is 5.75 Å². The van der Waals surface area contributed by atoms with Crippen molar-refractivity contribution in [2.45, 2.75) is 13.3 Å². The zero-order chi connectivity index (χ0) is 21.7. The van der Waals surface area contributed by atoms with Crippen LogP contribution in [0.15, 0.2) is 53.1 Å². The molecule has 1 heterocycles. The van der Waals surface area contributed by atoms with Crippen molar-refractivity contribution in [3.05, 3.63) is 74.7 Å². The van der Waals surface area contributed by atoms with Gasteiger partial charge in [-0.3, -0.25) is 14.9 Å². The highest BCUT2D eigenvalue weighted by Crippen LogP contribution is 2.24. The third kappa shape index (κ3) is 5.90. The predicted molar refractivity (Wildman–Crippen MR) is 122 cm³/mol. The molecular formula is C22H22BrN3O3S. The van der Waals surface area contributed by atoms with E-state index in [-0.39, 0.29) is 18.4 Å². The Morgan fingerprint density at radius 3 is 2.73 bits per heavy atom. The molecule has 0 aliphatic rings. The molecule has 2 aromatic carbocycles. The number of aryl methyl sites for hydroxylation is 1. The van der Waals surface area contributed by atoms with Gasteiger partial charge in [-0.05, 0) is 42.3 Å². The number of anilines is 1. The lowest BCUT2D eigenvalue weighted by atomic mass is 10.1. The van der Waals surface area contributed by atoms with Gasteiger partial charge in [-0.25, -0.2) is 4.98 Å². The number of carbonyl (C=O) groups is 2. The minimum absolute atomic E-state index is 0.0799. The van der Waals surface area contributed by atoms with Gasteiger partial charge in [0.25, 0.3) is 11.8 Å².